The fraction of sp³-hybridized carbons (Fsp3) is 0.412. The molecule has 1 N–H and O–H groups in total. The Labute approximate surface area is 131 Å². The van der Waals surface area contributed by atoms with Crippen molar-refractivity contribution in [2.75, 3.05) is 6.54 Å². The highest BCUT2D eigenvalue weighted by Crippen LogP contribution is 2.42. The molecule has 1 aromatic carbocycles. The first-order valence-electron chi connectivity index (χ1n) is 7.61. The minimum absolute atomic E-state index is 0.242. The lowest BCUT2D eigenvalue weighted by atomic mass is 9.80. The molecule has 0 amide bonds. The molecular formula is C17H21N3S. The first kappa shape index (κ1) is 14.3. The van der Waals surface area contributed by atoms with Gasteiger partial charge in [-0.15, -0.1) is 6.58 Å². The first-order chi connectivity index (χ1) is 10.3. The van der Waals surface area contributed by atoms with Crippen LogP contribution in [0.25, 0.3) is 0 Å². The number of nitrogens with one attached hydrogen (secondary N) is 1. The van der Waals surface area contributed by atoms with Gasteiger partial charge in [0, 0.05) is 18.2 Å². The number of nitrogens with zero attached hydrogens (tertiary/aromatic N) is 2. The predicted molar refractivity (Wildman–Crippen MR) is 91.2 cm³/mol. The molecule has 2 atom stereocenters. The monoisotopic (exact) mass is 299 g/mol. The molecule has 0 aromatic heterocycles. The van der Waals surface area contributed by atoms with Crippen molar-refractivity contribution >= 4 is 23.0 Å². The van der Waals surface area contributed by atoms with Gasteiger partial charge in [0.2, 0.25) is 0 Å². The van der Waals surface area contributed by atoms with Gasteiger partial charge in [-0.25, -0.2) is 5.01 Å². The van der Waals surface area contributed by atoms with Crippen molar-refractivity contribution in [2.24, 2.45) is 11.0 Å². The maximum absolute atomic E-state index is 5.54. The van der Waals surface area contributed by atoms with E-state index in [2.05, 4.69) is 42.2 Å². The molecule has 3 rings (SSSR count). The number of thiocarbonyl (C=S) groups is 1. The number of rotatable bonds is 3. The van der Waals surface area contributed by atoms with Crippen LogP contribution in [0.5, 0.6) is 0 Å². The highest BCUT2D eigenvalue weighted by Gasteiger charge is 2.40. The molecule has 1 aromatic rings. The minimum atomic E-state index is 0.242. The number of hydrazone groups is 1. The molecule has 1 fully saturated rings. The van der Waals surface area contributed by atoms with E-state index in [1.54, 1.807) is 0 Å². The Morgan fingerprint density at radius 1 is 1.38 bits per heavy atom. The molecule has 0 radical (unpaired) electrons. The van der Waals surface area contributed by atoms with Gasteiger partial charge in [-0.05, 0) is 37.0 Å². The molecule has 0 saturated heterocycles. The highest BCUT2D eigenvalue weighted by molar-refractivity contribution is 7.80. The van der Waals surface area contributed by atoms with Crippen molar-refractivity contribution in [1.29, 1.82) is 0 Å². The van der Waals surface area contributed by atoms with Crippen LogP contribution in [0.15, 0.2) is 48.1 Å². The van der Waals surface area contributed by atoms with Gasteiger partial charge in [-0.3, -0.25) is 0 Å². The molecule has 3 nitrogen and oxygen atoms in total. The van der Waals surface area contributed by atoms with Crippen molar-refractivity contribution in [1.82, 2.24) is 10.3 Å². The highest BCUT2D eigenvalue weighted by atomic mass is 32.1. The SMILES string of the molecule is C=CCNC(=S)N1N=C2CCCCC2C1c1ccccc1. The molecule has 1 heterocycles. The van der Waals surface area contributed by atoms with E-state index in [0.717, 1.165) is 6.42 Å². The summed E-state index contributed by atoms with van der Waals surface area (Å²) in [5.74, 6) is 0.504. The van der Waals surface area contributed by atoms with Crippen LogP contribution >= 0.6 is 12.2 Å². The Balaban J connectivity index is 1.89. The number of fused-ring (bicyclic) bond motifs is 1. The molecule has 1 aliphatic carbocycles. The lowest BCUT2D eigenvalue weighted by Crippen LogP contribution is -2.38. The van der Waals surface area contributed by atoms with E-state index in [1.165, 1.54) is 30.5 Å². The fourth-order valence-corrected chi connectivity index (χ4v) is 3.53. The van der Waals surface area contributed by atoms with Crippen LogP contribution in [0, 0.1) is 5.92 Å². The second-order valence-corrected chi connectivity index (χ2v) is 6.01. The Hall–Kier alpha value is -1.68. The van der Waals surface area contributed by atoms with E-state index in [4.69, 9.17) is 17.3 Å². The smallest absolute Gasteiger partial charge is 0.190 e. The Morgan fingerprint density at radius 3 is 2.95 bits per heavy atom. The molecule has 1 saturated carbocycles. The van der Waals surface area contributed by atoms with Gasteiger partial charge in [0.15, 0.2) is 5.11 Å². The maximum atomic E-state index is 5.54. The Kier molecular flexibility index (Phi) is 4.34. The van der Waals surface area contributed by atoms with Crippen molar-refractivity contribution in [3.63, 3.8) is 0 Å². The van der Waals surface area contributed by atoms with Gasteiger partial charge < -0.3 is 5.32 Å². The first-order valence-corrected chi connectivity index (χ1v) is 8.02. The van der Waals surface area contributed by atoms with Crippen molar-refractivity contribution < 1.29 is 0 Å². The van der Waals surface area contributed by atoms with Gasteiger partial charge in [0.05, 0.1) is 6.04 Å². The summed E-state index contributed by atoms with van der Waals surface area (Å²) in [7, 11) is 0. The van der Waals surface area contributed by atoms with Gasteiger partial charge in [-0.1, -0.05) is 42.8 Å². The summed E-state index contributed by atoms with van der Waals surface area (Å²) < 4.78 is 0. The maximum Gasteiger partial charge on any atom is 0.190 e. The molecule has 0 spiro atoms. The third-order valence-corrected chi connectivity index (χ3v) is 4.59. The van der Waals surface area contributed by atoms with Gasteiger partial charge in [-0.2, -0.15) is 5.10 Å². The molecule has 0 bridgehead atoms. The summed E-state index contributed by atoms with van der Waals surface area (Å²) in [6.45, 7) is 4.41. The largest absolute Gasteiger partial charge is 0.358 e. The normalized spacial score (nSPS) is 24.2. The van der Waals surface area contributed by atoms with Crippen LogP contribution in [-0.4, -0.2) is 22.4 Å². The third kappa shape index (κ3) is 2.86. The second-order valence-electron chi connectivity index (χ2n) is 5.62. The summed E-state index contributed by atoms with van der Waals surface area (Å²) in [5.41, 5.74) is 2.61. The molecule has 2 unspecified atom stereocenters. The topological polar surface area (TPSA) is 27.6 Å². The van der Waals surface area contributed by atoms with E-state index in [0.29, 0.717) is 17.6 Å². The molecule has 21 heavy (non-hydrogen) atoms. The summed E-state index contributed by atoms with van der Waals surface area (Å²) in [5, 5.41) is 10.8. The molecule has 4 heteroatoms. The van der Waals surface area contributed by atoms with E-state index < -0.39 is 0 Å². The van der Waals surface area contributed by atoms with E-state index >= 15 is 0 Å². The lowest BCUT2D eigenvalue weighted by molar-refractivity contribution is 0.298. The lowest BCUT2D eigenvalue weighted by Gasteiger charge is -2.30. The van der Waals surface area contributed by atoms with Crippen LogP contribution in [0.4, 0.5) is 0 Å². The van der Waals surface area contributed by atoms with Crippen LogP contribution in [0.1, 0.15) is 37.3 Å². The van der Waals surface area contributed by atoms with Crippen molar-refractivity contribution in [2.45, 2.75) is 31.7 Å². The van der Waals surface area contributed by atoms with Crippen LogP contribution in [0.2, 0.25) is 0 Å². The summed E-state index contributed by atoms with van der Waals surface area (Å²) >= 11 is 5.54. The Morgan fingerprint density at radius 2 is 2.19 bits per heavy atom. The molecule has 2 aliphatic rings. The zero-order valence-electron chi connectivity index (χ0n) is 12.2. The molecule has 110 valence electrons. The number of hydrogen-bond acceptors (Lipinski definition) is 2. The van der Waals surface area contributed by atoms with Gasteiger partial charge in [0.25, 0.3) is 0 Å². The summed E-state index contributed by atoms with van der Waals surface area (Å²) in [6.07, 6.45) is 6.67. The summed E-state index contributed by atoms with van der Waals surface area (Å²) in [6, 6.07) is 10.8. The predicted octanol–water partition coefficient (Wildman–Crippen LogP) is 3.65. The zero-order chi connectivity index (χ0) is 14.7. The average Bonchev–Trinajstić information content (AvgIpc) is 2.93. The van der Waals surface area contributed by atoms with Crippen LogP contribution in [-0.2, 0) is 0 Å². The minimum Gasteiger partial charge on any atom is -0.358 e. The summed E-state index contributed by atoms with van der Waals surface area (Å²) in [4.78, 5) is 0. The van der Waals surface area contributed by atoms with E-state index in [-0.39, 0.29) is 6.04 Å². The Bertz CT molecular complexity index is 552. The number of benzene rings is 1. The number of hydrogen-bond donors (Lipinski definition) is 1. The standard InChI is InChI=1S/C17H21N3S/c1-2-12-18-17(21)20-16(13-8-4-3-5-9-13)14-10-6-7-11-15(14)19-20/h2-5,8-9,14,16H,1,6-7,10-12H2,(H,18,21). The fourth-order valence-electron chi connectivity index (χ4n) is 3.29. The van der Waals surface area contributed by atoms with Crippen LogP contribution in [0.3, 0.4) is 0 Å². The van der Waals surface area contributed by atoms with Gasteiger partial charge >= 0.3 is 0 Å². The average molecular weight is 299 g/mol. The quantitative estimate of drug-likeness (QED) is 0.682. The van der Waals surface area contributed by atoms with Gasteiger partial charge in [0.1, 0.15) is 0 Å². The van der Waals surface area contributed by atoms with E-state index in [9.17, 15) is 0 Å². The third-order valence-electron chi connectivity index (χ3n) is 4.25. The van der Waals surface area contributed by atoms with Crippen molar-refractivity contribution in [3.05, 3.63) is 48.6 Å². The van der Waals surface area contributed by atoms with Crippen LogP contribution < -0.4 is 5.32 Å². The van der Waals surface area contributed by atoms with E-state index in [1.807, 2.05) is 11.1 Å². The zero-order valence-corrected chi connectivity index (χ0v) is 13.0. The molecular weight excluding hydrogens is 278 g/mol. The van der Waals surface area contributed by atoms with Crippen molar-refractivity contribution in [3.8, 4) is 0 Å². The second kappa shape index (κ2) is 6.39. The molecule has 1 aliphatic heterocycles.